The fraction of sp³-hybridized carbons (Fsp3) is 0.379. The van der Waals surface area contributed by atoms with Gasteiger partial charge in [-0.2, -0.15) is 5.10 Å². The maximum atomic E-state index is 12.8. The molecule has 7 heteroatoms. The zero-order chi connectivity index (χ0) is 25.3. The summed E-state index contributed by atoms with van der Waals surface area (Å²) >= 11 is 0. The van der Waals surface area contributed by atoms with E-state index in [0.29, 0.717) is 25.9 Å². The van der Waals surface area contributed by atoms with Crippen LogP contribution in [0.15, 0.2) is 60.8 Å². The Morgan fingerprint density at radius 1 is 0.917 bits per heavy atom. The maximum Gasteiger partial charge on any atom is 0.223 e. The topological polar surface area (TPSA) is 67.2 Å². The molecular weight excluding hydrogens is 448 g/mol. The Morgan fingerprint density at radius 2 is 1.61 bits per heavy atom. The van der Waals surface area contributed by atoms with Crippen LogP contribution >= 0.6 is 0 Å². The molecule has 0 radical (unpaired) electrons. The number of fused-ring (bicyclic) bond motifs is 1. The van der Waals surface area contributed by atoms with Gasteiger partial charge >= 0.3 is 0 Å². The number of para-hydroxylation sites is 1. The number of hydrogen-bond donors (Lipinski definition) is 0. The van der Waals surface area contributed by atoms with Gasteiger partial charge in [-0.3, -0.25) is 4.79 Å². The Morgan fingerprint density at radius 3 is 2.28 bits per heavy atom. The van der Waals surface area contributed by atoms with Crippen LogP contribution in [0.5, 0.6) is 0 Å². The molecule has 1 amide bonds. The average molecular weight is 483 g/mol. The lowest BCUT2D eigenvalue weighted by Gasteiger charge is -2.36. The van der Waals surface area contributed by atoms with Gasteiger partial charge in [0.2, 0.25) is 5.91 Å². The van der Waals surface area contributed by atoms with E-state index < -0.39 is 0 Å². The first-order valence-corrected chi connectivity index (χ1v) is 12.7. The van der Waals surface area contributed by atoms with Crippen molar-refractivity contribution in [2.24, 2.45) is 5.41 Å². The SMILES string of the molecule is Cc1ccc(Cc2nc(N3CCN(C(=O)CC(C)(C)C)CC3)c3cnn(-c4ccccc4)c3n2)cc1. The highest BCUT2D eigenvalue weighted by atomic mass is 16.2. The lowest BCUT2D eigenvalue weighted by molar-refractivity contribution is -0.133. The molecule has 0 spiro atoms. The molecule has 0 aliphatic carbocycles. The highest BCUT2D eigenvalue weighted by Gasteiger charge is 2.27. The van der Waals surface area contributed by atoms with Gasteiger partial charge in [0.05, 0.1) is 17.3 Å². The van der Waals surface area contributed by atoms with Crippen molar-refractivity contribution in [3.63, 3.8) is 0 Å². The van der Waals surface area contributed by atoms with Crippen molar-refractivity contribution in [1.29, 1.82) is 0 Å². The van der Waals surface area contributed by atoms with Crippen molar-refractivity contribution in [2.45, 2.75) is 40.5 Å². The summed E-state index contributed by atoms with van der Waals surface area (Å²) in [7, 11) is 0. The van der Waals surface area contributed by atoms with Crippen molar-refractivity contribution in [1.82, 2.24) is 24.6 Å². The minimum absolute atomic E-state index is 0.00998. The van der Waals surface area contributed by atoms with E-state index in [-0.39, 0.29) is 11.3 Å². The molecule has 4 aromatic rings. The molecule has 7 nitrogen and oxygen atoms in total. The first-order chi connectivity index (χ1) is 17.3. The molecule has 0 N–H and O–H groups in total. The minimum atomic E-state index is -0.00998. The summed E-state index contributed by atoms with van der Waals surface area (Å²) in [6.45, 7) is 11.3. The number of hydrogen-bond acceptors (Lipinski definition) is 5. The van der Waals surface area contributed by atoms with E-state index in [1.54, 1.807) is 0 Å². The van der Waals surface area contributed by atoms with Gasteiger partial charge in [0.15, 0.2) is 5.65 Å². The standard InChI is InChI=1S/C29H34N6O/c1-21-10-12-22(13-11-21)18-25-31-27(34-16-14-33(15-17-34)26(36)19-29(2,3)4)24-20-30-35(28(24)32-25)23-8-6-5-7-9-23/h5-13,20H,14-19H2,1-4H3. The van der Waals surface area contributed by atoms with Crippen molar-refractivity contribution >= 4 is 22.8 Å². The summed E-state index contributed by atoms with van der Waals surface area (Å²) in [6.07, 6.45) is 3.08. The molecular formula is C29H34N6O. The lowest BCUT2D eigenvalue weighted by atomic mass is 9.91. The van der Waals surface area contributed by atoms with Crippen LogP contribution in [0, 0.1) is 12.3 Å². The van der Waals surface area contributed by atoms with Gasteiger partial charge in [0, 0.05) is 39.0 Å². The van der Waals surface area contributed by atoms with Gasteiger partial charge in [-0.05, 0) is 30.0 Å². The van der Waals surface area contributed by atoms with E-state index in [1.165, 1.54) is 11.1 Å². The zero-order valence-electron chi connectivity index (χ0n) is 21.6. The van der Waals surface area contributed by atoms with Gasteiger partial charge in [-0.25, -0.2) is 14.6 Å². The number of carbonyl (C=O) groups is 1. The van der Waals surface area contributed by atoms with Crippen LogP contribution in [-0.4, -0.2) is 56.7 Å². The number of anilines is 1. The molecule has 2 aromatic carbocycles. The quantitative estimate of drug-likeness (QED) is 0.409. The third kappa shape index (κ3) is 5.25. The molecule has 1 saturated heterocycles. The lowest BCUT2D eigenvalue weighted by Crippen LogP contribution is -2.49. The number of aryl methyl sites for hydroxylation is 1. The Balaban J connectivity index is 1.47. The molecule has 1 aliphatic rings. The van der Waals surface area contributed by atoms with Gasteiger partial charge in [0.25, 0.3) is 0 Å². The molecule has 186 valence electrons. The van der Waals surface area contributed by atoms with E-state index in [1.807, 2.05) is 46.1 Å². The van der Waals surface area contributed by atoms with E-state index in [2.05, 4.69) is 62.0 Å². The van der Waals surface area contributed by atoms with Crippen LogP contribution in [0.4, 0.5) is 5.82 Å². The fourth-order valence-electron chi connectivity index (χ4n) is 4.64. The number of piperazine rings is 1. The summed E-state index contributed by atoms with van der Waals surface area (Å²) in [5.41, 5.74) is 4.17. The monoisotopic (exact) mass is 482 g/mol. The molecule has 36 heavy (non-hydrogen) atoms. The molecule has 0 unspecified atom stereocenters. The van der Waals surface area contributed by atoms with Gasteiger partial charge < -0.3 is 9.80 Å². The predicted molar refractivity (Wildman–Crippen MR) is 144 cm³/mol. The zero-order valence-corrected chi connectivity index (χ0v) is 21.6. The van der Waals surface area contributed by atoms with E-state index in [4.69, 9.17) is 9.97 Å². The van der Waals surface area contributed by atoms with Crippen LogP contribution in [0.1, 0.15) is 44.1 Å². The maximum absolute atomic E-state index is 12.8. The minimum Gasteiger partial charge on any atom is -0.352 e. The molecule has 1 aliphatic heterocycles. The second-order valence-corrected chi connectivity index (χ2v) is 10.9. The van der Waals surface area contributed by atoms with E-state index in [0.717, 1.165) is 41.5 Å². The molecule has 3 heterocycles. The van der Waals surface area contributed by atoms with Crippen molar-refractivity contribution in [2.75, 3.05) is 31.1 Å². The number of carbonyl (C=O) groups excluding carboxylic acids is 1. The van der Waals surface area contributed by atoms with Crippen LogP contribution in [0.3, 0.4) is 0 Å². The van der Waals surface area contributed by atoms with E-state index >= 15 is 0 Å². The predicted octanol–water partition coefficient (Wildman–Crippen LogP) is 4.80. The number of nitrogens with zero attached hydrogens (tertiary/aromatic N) is 6. The van der Waals surface area contributed by atoms with Crippen molar-refractivity contribution < 1.29 is 4.79 Å². The summed E-state index contributed by atoms with van der Waals surface area (Å²) in [5, 5.41) is 5.62. The molecule has 1 fully saturated rings. The van der Waals surface area contributed by atoms with Gasteiger partial charge in [0.1, 0.15) is 11.6 Å². The smallest absolute Gasteiger partial charge is 0.223 e. The average Bonchev–Trinajstić information content (AvgIpc) is 3.28. The highest BCUT2D eigenvalue weighted by Crippen LogP contribution is 2.28. The fourth-order valence-corrected chi connectivity index (χ4v) is 4.64. The first kappa shape index (κ1) is 24.0. The highest BCUT2D eigenvalue weighted by molar-refractivity contribution is 5.88. The Hall–Kier alpha value is -3.74. The molecule has 0 atom stereocenters. The number of benzene rings is 2. The molecule has 2 aromatic heterocycles. The second-order valence-electron chi connectivity index (χ2n) is 10.9. The van der Waals surface area contributed by atoms with Crippen LogP contribution in [0.2, 0.25) is 0 Å². The summed E-state index contributed by atoms with van der Waals surface area (Å²) in [6, 6.07) is 18.6. The summed E-state index contributed by atoms with van der Waals surface area (Å²) < 4.78 is 1.89. The van der Waals surface area contributed by atoms with Gasteiger partial charge in [-0.1, -0.05) is 68.8 Å². The first-order valence-electron chi connectivity index (χ1n) is 12.7. The number of amides is 1. The Kier molecular flexibility index (Phi) is 6.48. The van der Waals surface area contributed by atoms with E-state index in [9.17, 15) is 4.79 Å². The summed E-state index contributed by atoms with van der Waals surface area (Å²) in [5.74, 6) is 1.89. The molecule has 5 rings (SSSR count). The third-order valence-electron chi connectivity index (χ3n) is 6.55. The van der Waals surface area contributed by atoms with Crippen LogP contribution in [0.25, 0.3) is 16.7 Å². The van der Waals surface area contributed by atoms with Crippen LogP contribution < -0.4 is 4.90 Å². The Bertz CT molecular complexity index is 1350. The summed E-state index contributed by atoms with van der Waals surface area (Å²) in [4.78, 5) is 27.0. The van der Waals surface area contributed by atoms with Crippen molar-refractivity contribution in [3.05, 3.63) is 77.7 Å². The third-order valence-corrected chi connectivity index (χ3v) is 6.55. The molecule has 0 saturated carbocycles. The largest absolute Gasteiger partial charge is 0.352 e. The number of rotatable bonds is 5. The normalized spacial score (nSPS) is 14.4. The number of aromatic nitrogens is 4. The van der Waals surface area contributed by atoms with Gasteiger partial charge in [-0.15, -0.1) is 0 Å². The van der Waals surface area contributed by atoms with Crippen LogP contribution in [-0.2, 0) is 11.2 Å². The Labute approximate surface area is 212 Å². The van der Waals surface area contributed by atoms with Crippen molar-refractivity contribution in [3.8, 4) is 5.69 Å². The molecule has 0 bridgehead atoms. The second kappa shape index (κ2) is 9.72.